The Hall–Kier alpha value is -3.70. The summed E-state index contributed by atoms with van der Waals surface area (Å²) in [4.78, 5) is 54.6. The molecule has 214 valence electrons. The van der Waals surface area contributed by atoms with E-state index in [0.717, 1.165) is 25.7 Å². The summed E-state index contributed by atoms with van der Waals surface area (Å²) in [5.41, 5.74) is 1.50. The Morgan fingerprint density at radius 1 is 1.12 bits per heavy atom. The number of carbonyl (C=O) groups excluding carboxylic acids is 4. The minimum Gasteiger partial charge on any atom is -0.510 e. The van der Waals surface area contributed by atoms with Crippen LogP contribution in [0.3, 0.4) is 0 Å². The second-order valence-electron chi connectivity index (χ2n) is 11.6. The summed E-state index contributed by atoms with van der Waals surface area (Å²) in [5.74, 6) is -9.34. The molecule has 0 spiro atoms. The molecule has 0 aromatic heterocycles. The standard InChI is InChI=1S/C29H34N2O9/c1-12-14-9-6-10-15(32)18(14)23(34)19-17(12)25(40-16(33)11-13-7-4-5-8-13)21-22(31(2)3)24(35)20(28(30)38)27(37)29(21,39)26(19)36/h6,9-10,12-13,17,21-22,25,32,35-36,39H,4-5,7-8,11H2,1-3H3,(H2,30,38)/t12-,17-,21+,22-,25-,29+/m1/s1. The van der Waals surface area contributed by atoms with E-state index < -0.39 is 81.6 Å². The highest BCUT2D eigenvalue weighted by atomic mass is 16.5. The lowest BCUT2D eigenvalue weighted by atomic mass is 9.55. The van der Waals surface area contributed by atoms with Crippen LogP contribution in [0, 0.1) is 17.8 Å². The van der Waals surface area contributed by atoms with Crippen LogP contribution in [0.4, 0.5) is 0 Å². The number of phenols is 1. The number of aliphatic hydroxyl groups excluding tert-OH is 2. The van der Waals surface area contributed by atoms with E-state index in [1.165, 1.54) is 25.1 Å². The van der Waals surface area contributed by atoms with E-state index in [2.05, 4.69) is 0 Å². The van der Waals surface area contributed by atoms with Crippen molar-refractivity contribution in [3.05, 3.63) is 52.0 Å². The second kappa shape index (κ2) is 9.74. The molecule has 11 heteroatoms. The molecule has 4 aliphatic rings. The number of ether oxygens (including phenoxy) is 1. The molecule has 0 unspecified atom stereocenters. The fourth-order valence-electron chi connectivity index (χ4n) is 7.34. The van der Waals surface area contributed by atoms with E-state index in [1.54, 1.807) is 19.1 Å². The number of rotatable bonds is 5. The maximum Gasteiger partial charge on any atom is 0.306 e. The van der Waals surface area contributed by atoms with Gasteiger partial charge >= 0.3 is 5.97 Å². The first-order valence-electron chi connectivity index (χ1n) is 13.5. The van der Waals surface area contributed by atoms with Gasteiger partial charge < -0.3 is 30.9 Å². The van der Waals surface area contributed by atoms with E-state index in [9.17, 15) is 39.6 Å². The lowest BCUT2D eigenvalue weighted by Gasteiger charge is -2.54. The molecule has 6 N–H and O–H groups in total. The Labute approximate surface area is 230 Å². The summed E-state index contributed by atoms with van der Waals surface area (Å²) in [6.07, 6.45) is 2.40. The van der Waals surface area contributed by atoms with Crippen molar-refractivity contribution >= 4 is 23.4 Å². The second-order valence-corrected chi connectivity index (χ2v) is 11.6. The van der Waals surface area contributed by atoms with Crippen LogP contribution in [0.2, 0.25) is 0 Å². The van der Waals surface area contributed by atoms with Crippen LogP contribution in [0.15, 0.2) is 40.9 Å². The molecular weight excluding hydrogens is 520 g/mol. The van der Waals surface area contributed by atoms with Gasteiger partial charge in [-0.1, -0.05) is 31.9 Å². The summed E-state index contributed by atoms with van der Waals surface area (Å²) in [6.45, 7) is 1.73. The van der Waals surface area contributed by atoms with Crippen LogP contribution in [-0.2, 0) is 19.1 Å². The molecule has 0 bridgehead atoms. The number of likely N-dealkylation sites (N-methyl/N-ethyl adjacent to an activating group) is 1. The van der Waals surface area contributed by atoms with Crippen molar-refractivity contribution in [1.82, 2.24) is 4.90 Å². The van der Waals surface area contributed by atoms with Gasteiger partial charge in [0.1, 0.15) is 28.9 Å². The molecule has 6 atom stereocenters. The Balaban J connectivity index is 1.76. The molecule has 1 saturated carbocycles. The third-order valence-electron chi connectivity index (χ3n) is 9.17. The Kier molecular flexibility index (Phi) is 6.78. The molecule has 40 heavy (non-hydrogen) atoms. The molecule has 0 radical (unpaired) electrons. The van der Waals surface area contributed by atoms with Gasteiger partial charge in [-0.05, 0) is 50.4 Å². The van der Waals surface area contributed by atoms with Gasteiger partial charge in [0.25, 0.3) is 5.91 Å². The van der Waals surface area contributed by atoms with Gasteiger partial charge in [-0.2, -0.15) is 0 Å². The monoisotopic (exact) mass is 554 g/mol. The first-order chi connectivity index (χ1) is 18.8. The van der Waals surface area contributed by atoms with Crippen LogP contribution in [0.5, 0.6) is 5.75 Å². The van der Waals surface area contributed by atoms with E-state index >= 15 is 0 Å². The Morgan fingerprint density at radius 2 is 1.77 bits per heavy atom. The lowest BCUT2D eigenvalue weighted by Crippen LogP contribution is -2.69. The molecule has 1 amide bonds. The minimum atomic E-state index is -2.94. The zero-order valence-electron chi connectivity index (χ0n) is 22.6. The predicted molar refractivity (Wildman–Crippen MR) is 140 cm³/mol. The third-order valence-corrected chi connectivity index (χ3v) is 9.17. The number of amides is 1. The smallest absolute Gasteiger partial charge is 0.306 e. The normalized spacial score (nSPS) is 32.2. The van der Waals surface area contributed by atoms with Gasteiger partial charge in [0.05, 0.1) is 17.5 Å². The minimum absolute atomic E-state index is 0.0913. The number of nitrogens with zero attached hydrogens (tertiary/aromatic N) is 1. The van der Waals surface area contributed by atoms with E-state index in [1.807, 2.05) is 0 Å². The topological polar surface area (TPSA) is 188 Å². The Morgan fingerprint density at radius 3 is 2.38 bits per heavy atom. The van der Waals surface area contributed by atoms with Crippen molar-refractivity contribution in [2.24, 2.45) is 23.5 Å². The highest BCUT2D eigenvalue weighted by Gasteiger charge is 2.68. The van der Waals surface area contributed by atoms with Crippen LogP contribution in [0.25, 0.3) is 0 Å². The van der Waals surface area contributed by atoms with Crippen molar-refractivity contribution in [3.63, 3.8) is 0 Å². The fraction of sp³-hybridized carbons (Fsp3) is 0.517. The van der Waals surface area contributed by atoms with Crippen molar-refractivity contribution < 1.29 is 44.3 Å². The van der Waals surface area contributed by atoms with Crippen molar-refractivity contribution in [3.8, 4) is 5.75 Å². The number of aromatic hydroxyl groups is 1. The number of Topliss-reactive ketones (excluding diaryl/α,β-unsaturated/α-hetero) is 2. The summed E-state index contributed by atoms with van der Waals surface area (Å²) in [7, 11) is 3.04. The van der Waals surface area contributed by atoms with E-state index in [0.29, 0.717) is 5.56 Å². The molecule has 0 saturated heterocycles. The summed E-state index contributed by atoms with van der Waals surface area (Å²) in [5, 5.41) is 45.4. The van der Waals surface area contributed by atoms with E-state index in [4.69, 9.17) is 10.5 Å². The average Bonchev–Trinajstić information content (AvgIpc) is 3.38. The summed E-state index contributed by atoms with van der Waals surface area (Å²) in [6, 6.07) is 3.21. The molecule has 0 aliphatic heterocycles. The van der Waals surface area contributed by atoms with Crippen molar-refractivity contribution in [1.29, 1.82) is 0 Å². The van der Waals surface area contributed by atoms with Gasteiger partial charge in [0.15, 0.2) is 11.4 Å². The number of hydrogen-bond acceptors (Lipinski definition) is 10. The fourth-order valence-corrected chi connectivity index (χ4v) is 7.34. The van der Waals surface area contributed by atoms with Gasteiger partial charge in [0, 0.05) is 17.9 Å². The number of ketones is 2. The van der Waals surface area contributed by atoms with Gasteiger partial charge in [-0.3, -0.25) is 24.1 Å². The van der Waals surface area contributed by atoms with Crippen LogP contribution in [-0.4, -0.2) is 80.6 Å². The third kappa shape index (κ3) is 3.86. The molecule has 1 fully saturated rings. The van der Waals surface area contributed by atoms with Gasteiger partial charge in [-0.15, -0.1) is 0 Å². The summed E-state index contributed by atoms with van der Waals surface area (Å²) >= 11 is 0. The van der Waals surface area contributed by atoms with E-state index in [-0.39, 0.29) is 23.7 Å². The highest BCUT2D eigenvalue weighted by Crippen LogP contribution is 2.56. The van der Waals surface area contributed by atoms with Crippen LogP contribution in [0.1, 0.15) is 60.9 Å². The predicted octanol–water partition coefficient (Wildman–Crippen LogP) is 1.78. The summed E-state index contributed by atoms with van der Waals surface area (Å²) < 4.78 is 6.05. The lowest BCUT2D eigenvalue weighted by molar-refractivity contribution is -0.181. The maximum atomic E-state index is 13.9. The van der Waals surface area contributed by atoms with Crippen molar-refractivity contribution in [2.45, 2.75) is 62.7 Å². The molecule has 0 heterocycles. The molecule has 1 aromatic carbocycles. The van der Waals surface area contributed by atoms with Crippen molar-refractivity contribution in [2.75, 3.05) is 14.1 Å². The molecule has 11 nitrogen and oxygen atoms in total. The first kappa shape index (κ1) is 27.9. The number of fused-ring (bicyclic) bond motifs is 3. The zero-order valence-corrected chi connectivity index (χ0v) is 22.6. The number of esters is 1. The van der Waals surface area contributed by atoms with Gasteiger partial charge in [-0.25, -0.2) is 0 Å². The number of hydrogen-bond donors (Lipinski definition) is 5. The Bertz CT molecular complexity index is 1370. The first-order valence-corrected chi connectivity index (χ1v) is 13.5. The van der Waals surface area contributed by atoms with Crippen LogP contribution < -0.4 is 5.73 Å². The maximum absolute atomic E-state index is 13.9. The number of benzene rings is 1. The number of aliphatic hydroxyl groups is 3. The quantitative estimate of drug-likeness (QED) is 0.265. The number of carbonyl (C=O) groups is 4. The highest BCUT2D eigenvalue weighted by molar-refractivity contribution is 6.25. The molecule has 1 aromatic rings. The zero-order chi connectivity index (χ0) is 29.3. The largest absolute Gasteiger partial charge is 0.510 e. The average molecular weight is 555 g/mol. The van der Waals surface area contributed by atoms with Crippen LogP contribution >= 0.6 is 0 Å². The number of nitrogens with two attached hydrogens (primary N) is 1. The molecule has 5 rings (SSSR count). The SMILES string of the molecule is C[C@@H]1c2cccc(O)c2C(=O)C2=C(O)[C@]3(O)C(=O)C(C(N)=O)=C(O)[C@H](N(C)C)[C@H]3[C@H](OC(=O)CC3CCCC3)[C@@H]21. The number of primary amides is 1. The molecule has 4 aliphatic carbocycles. The number of phenolic OH excluding ortho intramolecular Hbond substituents is 1. The molecular formula is C29H34N2O9. The van der Waals surface area contributed by atoms with Gasteiger partial charge in [0.2, 0.25) is 5.78 Å².